The molecule has 3 rings (SSSR count). The first-order valence-electron chi connectivity index (χ1n) is 7.93. The molecule has 0 bridgehead atoms. The molecule has 118 valence electrons. The molecule has 2 heterocycles. The van der Waals surface area contributed by atoms with E-state index in [1.165, 1.54) is 5.56 Å². The Bertz CT molecular complexity index is 638. The topological polar surface area (TPSA) is 71.5 Å². The molecule has 1 fully saturated rings. The molecule has 1 aliphatic heterocycles. The van der Waals surface area contributed by atoms with Crippen LogP contribution < -0.4 is 11.1 Å². The fourth-order valence-electron chi connectivity index (χ4n) is 3.15. The van der Waals surface area contributed by atoms with Crippen LogP contribution in [0.1, 0.15) is 18.4 Å². The van der Waals surface area contributed by atoms with Gasteiger partial charge in [0.1, 0.15) is 5.58 Å². The highest BCUT2D eigenvalue weighted by molar-refractivity contribution is 5.81. The number of likely N-dealkylation sites (tertiary alicyclic amines) is 1. The van der Waals surface area contributed by atoms with Gasteiger partial charge in [-0.15, -0.1) is 0 Å². The molecule has 1 aromatic heterocycles. The van der Waals surface area contributed by atoms with Crippen molar-refractivity contribution in [3.63, 3.8) is 0 Å². The minimum Gasteiger partial charge on any atom is -0.464 e. The van der Waals surface area contributed by atoms with Crippen molar-refractivity contribution in [3.05, 3.63) is 36.1 Å². The number of nitrogens with zero attached hydrogens (tertiary/aromatic N) is 1. The smallest absolute Gasteiger partial charge is 0.224 e. The van der Waals surface area contributed by atoms with Crippen LogP contribution in [0.15, 0.2) is 34.9 Å². The van der Waals surface area contributed by atoms with E-state index in [9.17, 15) is 4.79 Å². The fourth-order valence-corrected chi connectivity index (χ4v) is 3.15. The Kier molecular flexibility index (Phi) is 4.75. The monoisotopic (exact) mass is 301 g/mol. The van der Waals surface area contributed by atoms with Gasteiger partial charge in [-0.1, -0.05) is 18.2 Å². The number of para-hydroxylation sites is 1. The highest BCUT2D eigenvalue weighted by Gasteiger charge is 2.26. The summed E-state index contributed by atoms with van der Waals surface area (Å²) >= 11 is 0. The maximum absolute atomic E-state index is 12.1. The van der Waals surface area contributed by atoms with Gasteiger partial charge in [-0.3, -0.25) is 9.69 Å². The van der Waals surface area contributed by atoms with Crippen molar-refractivity contribution in [1.82, 2.24) is 10.2 Å². The third-order valence-corrected chi connectivity index (χ3v) is 4.27. The molecule has 5 heteroatoms. The van der Waals surface area contributed by atoms with Gasteiger partial charge in [0.05, 0.1) is 12.2 Å². The van der Waals surface area contributed by atoms with Gasteiger partial charge in [0.25, 0.3) is 0 Å². The molecule has 1 amide bonds. The molecular formula is C17H23N3O2. The van der Waals surface area contributed by atoms with Crippen LogP contribution in [-0.4, -0.2) is 37.0 Å². The zero-order valence-corrected chi connectivity index (χ0v) is 12.8. The van der Waals surface area contributed by atoms with Crippen LogP contribution in [0.25, 0.3) is 11.0 Å². The van der Waals surface area contributed by atoms with Gasteiger partial charge in [0, 0.05) is 37.1 Å². The van der Waals surface area contributed by atoms with Crippen LogP contribution in [0.3, 0.4) is 0 Å². The normalized spacial score (nSPS) is 19.4. The number of nitrogens with one attached hydrogen (secondary N) is 1. The van der Waals surface area contributed by atoms with E-state index in [1.807, 2.05) is 24.5 Å². The van der Waals surface area contributed by atoms with Gasteiger partial charge in [0.15, 0.2) is 0 Å². The number of benzene rings is 1. The number of carbonyl (C=O) groups is 1. The van der Waals surface area contributed by atoms with Crippen LogP contribution in [-0.2, 0) is 11.3 Å². The molecule has 5 nitrogen and oxygen atoms in total. The minimum atomic E-state index is 0.0680. The summed E-state index contributed by atoms with van der Waals surface area (Å²) in [4.78, 5) is 14.4. The Morgan fingerprint density at radius 2 is 2.27 bits per heavy atom. The first-order chi connectivity index (χ1) is 10.8. The SMILES string of the molecule is NCCNC(=O)C1CCCN(Cc2coc3ccccc23)C1. The molecule has 0 saturated carbocycles. The highest BCUT2D eigenvalue weighted by atomic mass is 16.3. The van der Waals surface area contributed by atoms with E-state index in [2.05, 4.69) is 16.3 Å². The predicted octanol–water partition coefficient (Wildman–Crippen LogP) is 1.72. The molecule has 1 aromatic carbocycles. The molecule has 1 atom stereocenters. The van der Waals surface area contributed by atoms with Crippen molar-refractivity contribution in [1.29, 1.82) is 0 Å². The van der Waals surface area contributed by atoms with Crippen molar-refractivity contribution >= 4 is 16.9 Å². The van der Waals surface area contributed by atoms with Crippen LogP contribution in [0.4, 0.5) is 0 Å². The first-order valence-corrected chi connectivity index (χ1v) is 7.93. The number of amides is 1. The van der Waals surface area contributed by atoms with Crippen molar-refractivity contribution in [3.8, 4) is 0 Å². The fraction of sp³-hybridized carbons (Fsp3) is 0.471. The molecule has 1 aliphatic rings. The lowest BCUT2D eigenvalue weighted by Gasteiger charge is -2.31. The molecule has 1 saturated heterocycles. The van der Waals surface area contributed by atoms with Gasteiger partial charge in [-0.2, -0.15) is 0 Å². The minimum absolute atomic E-state index is 0.0680. The van der Waals surface area contributed by atoms with E-state index >= 15 is 0 Å². The van der Waals surface area contributed by atoms with Crippen molar-refractivity contribution in [2.45, 2.75) is 19.4 Å². The second kappa shape index (κ2) is 6.94. The summed E-state index contributed by atoms with van der Waals surface area (Å²) in [7, 11) is 0. The zero-order valence-electron chi connectivity index (χ0n) is 12.8. The number of nitrogens with two attached hydrogens (primary N) is 1. The lowest BCUT2D eigenvalue weighted by Crippen LogP contribution is -2.43. The average Bonchev–Trinajstić information content (AvgIpc) is 2.96. The summed E-state index contributed by atoms with van der Waals surface area (Å²) in [6.45, 7) is 3.71. The lowest BCUT2D eigenvalue weighted by atomic mass is 9.96. The van der Waals surface area contributed by atoms with E-state index < -0.39 is 0 Å². The standard InChI is InChI=1S/C17H23N3O2/c18-7-8-19-17(21)13-4-3-9-20(10-13)11-14-12-22-16-6-2-1-5-15(14)16/h1-2,5-6,12-13H,3-4,7-11,18H2,(H,19,21). The summed E-state index contributed by atoms with van der Waals surface area (Å²) in [6, 6.07) is 8.08. The number of hydrogen-bond acceptors (Lipinski definition) is 4. The van der Waals surface area contributed by atoms with Crippen LogP contribution in [0.2, 0.25) is 0 Å². The molecule has 0 radical (unpaired) electrons. The summed E-state index contributed by atoms with van der Waals surface area (Å²) in [5, 5.41) is 4.07. The van der Waals surface area contributed by atoms with Crippen molar-refractivity contribution in [2.24, 2.45) is 11.7 Å². The van der Waals surface area contributed by atoms with E-state index in [4.69, 9.17) is 10.2 Å². The van der Waals surface area contributed by atoms with E-state index in [0.717, 1.165) is 43.4 Å². The van der Waals surface area contributed by atoms with Gasteiger partial charge < -0.3 is 15.5 Å². The number of rotatable bonds is 5. The molecule has 3 N–H and O–H groups in total. The quantitative estimate of drug-likeness (QED) is 0.882. The van der Waals surface area contributed by atoms with Crippen LogP contribution in [0.5, 0.6) is 0 Å². The number of fused-ring (bicyclic) bond motifs is 1. The molecule has 0 aliphatic carbocycles. The third-order valence-electron chi connectivity index (χ3n) is 4.27. The summed E-state index contributed by atoms with van der Waals surface area (Å²) in [5.41, 5.74) is 7.56. The largest absolute Gasteiger partial charge is 0.464 e. The Labute approximate surface area is 130 Å². The summed E-state index contributed by atoms with van der Waals surface area (Å²) in [6.07, 6.45) is 3.85. The second-order valence-electron chi connectivity index (χ2n) is 5.91. The highest BCUT2D eigenvalue weighted by Crippen LogP contribution is 2.24. The number of hydrogen-bond donors (Lipinski definition) is 2. The summed E-state index contributed by atoms with van der Waals surface area (Å²) in [5.74, 6) is 0.200. The Morgan fingerprint density at radius 1 is 1.41 bits per heavy atom. The first kappa shape index (κ1) is 15.1. The summed E-state index contributed by atoms with van der Waals surface area (Å²) < 4.78 is 5.60. The third kappa shape index (κ3) is 3.31. The lowest BCUT2D eigenvalue weighted by molar-refractivity contribution is -0.126. The van der Waals surface area contributed by atoms with Crippen molar-refractivity contribution < 1.29 is 9.21 Å². The van der Waals surface area contributed by atoms with E-state index in [-0.39, 0.29) is 11.8 Å². The molecule has 22 heavy (non-hydrogen) atoms. The maximum atomic E-state index is 12.1. The molecular weight excluding hydrogens is 278 g/mol. The number of carbonyl (C=O) groups excluding carboxylic acids is 1. The predicted molar refractivity (Wildman–Crippen MR) is 86.3 cm³/mol. The van der Waals surface area contributed by atoms with Crippen LogP contribution >= 0.6 is 0 Å². The molecule has 1 unspecified atom stereocenters. The van der Waals surface area contributed by atoms with E-state index in [0.29, 0.717) is 13.1 Å². The van der Waals surface area contributed by atoms with Gasteiger partial charge >= 0.3 is 0 Å². The van der Waals surface area contributed by atoms with Gasteiger partial charge in [-0.25, -0.2) is 0 Å². The van der Waals surface area contributed by atoms with Crippen molar-refractivity contribution in [2.75, 3.05) is 26.2 Å². The van der Waals surface area contributed by atoms with Gasteiger partial charge in [-0.05, 0) is 25.5 Å². The van der Waals surface area contributed by atoms with Crippen LogP contribution in [0, 0.1) is 5.92 Å². The zero-order chi connectivity index (χ0) is 15.4. The maximum Gasteiger partial charge on any atom is 0.224 e. The number of furan rings is 1. The Morgan fingerprint density at radius 3 is 3.14 bits per heavy atom. The van der Waals surface area contributed by atoms with Gasteiger partial charge in [0.2, 0.25) is 5.91 Å². The average molecular weight is 301 g/mol. The Hall–Kier alpha value is -1.85. The van der Waals surface area contributed by atoms with E-state index in [1.54, 1.807) is 0 Å². The molecule has 2 aromatic rings. The molecule has 0 spiro atoms. The number of piperidine rings is 1. The second-order valence-corrected chi connectivity index (χ2v) is 5.91. The Balaban J connectivity index is 1.64.